The van der Waals surface area contributed by atoms with E-state index in [1.165, 1.54) is 43.5 Å². The molecule has 1 unspecified atom stereocenters. The second kappa shape index (κ2) is 8.73. The number of nitrogens with one attached hydrogen (secondary N) is 1. The molecule has 1 fully saturated rings. The maximum atomic E-state index is 12.7. The van der Waals surface area contributed by atoms with Gasteiger partial charge in [0, 0.05) is 13.0 Å². The Kier molecular flexibility index (Phi) is 6.65. The zero-order valence-electron chi connectivity index (χ0n) is 12.8. The summed E-state index contributed by atoms with van der Waals surface area (Å²) < 4.78 is 18.1. The molecular formula is C17H24FNO3. The lowest BCUT2D eigenvalue weighted by molar-refractivity contribution is -0.122. The number of benzene rings is 1. The Morgan fingerprint density at radius 1 is 1.27 bits per heavy atom. The first kappa shape index (κ1) is 16.7. The summed E-state index contributed by atoms with van der Waals surface area (Å²) in [4.78, 5) is 11.8. The van der Waals surface area contributed by atoms with Crippen LogP contribution in [-0.4, -0.2) is 30.3 Å². The van der Waals surface area contributed by atoms with Gasteiger partial charge in [0.1, 0.15) is 24.3 Å². The highest BCUT2D eigenvalue weighted by Crippen LogP contribution is 2.25. The van der Waals surface area contributed by atoms with Gasteiger partial charge in [-0.3, -0.25) is 4.79 Å². The fourth-order valence-corrected chi connectivity index (χ4v) is 2.74. The number of ether oxygens (including phenoxy) is 1. The smallest absolute Gasteiger partial charge is 0.220 e. The van der Waals surface area contributed by atoms with E-state index in [1.807, 2.05) is 0 Å². The Bertz CT molecular complexity index is 457. The number of aliphatic hydroxyl groups excluding tert-OH is 1. The molecule has 0 aliphatic heterocycles. The molecule has 0 aromatic heterocycles. The van der Waals surface area contributed by atoms with E-state index in [2.05, 4.69) is 5.32 Å². The summed E-state index contributed by atoms with van der Waals surface area (Å²) in [6.45, 7) is 0.238. The van der Waals surface area contributed by atoms with Crippen molar-refractivity contribution in [3.63, 3.8) is 0 Å². The summed E-state index contributed by atoms with van der Waals surface area (Å²) in [5.41, 5.74) is 0. The third-order valence-electron chi connectivity index (χ3n) is 3.99. The molecule has 1 atom stereocenters. The first-order valence-electron chi connectivity index (χ1n) is 7.96. The first-order valence-corrected chi connectivity index (χ1v) is 7.96. The minimum absolute atomic E-state index is 0.00673. The molecule has 5 heteroatoms. The van der Waals surface area contributed by atoms with Gasteiger partial charge in [-0.05, 0) is 43.0 Å². The third kappa shape index (κ3) is 6.02. The van der Waals surface area contributed by atoms with Crippen LogP contribution in [0.3, 0.4) is 0 Å². The van der Waals surface area contributed by atoms with E-state index in [0.717, 1.165) is 12.8 Å². The highest BCUT2D eigenvalue weighted by Gasteiger charge is 2.17. The number of halogens is 1. The van der Waals surface area contributed by atoms with E-state index in [0.29, 0.717) is 18.1 Å². The predicted molar refractivity (Wildman–Crippen MR) is 82.1 cm³/mol. The van der Waals surface area contributed by atoms with Gasteiger partial charge in [-0.25, -0.2) is 4.39 Å². The normalized spacial score (nSPS) is 17.0. The van der Waals surface area contributed by atoms with Gasteiger partial charge in [-0.1, -0.05) is 19.3 Å². The lowest BCUT2D eigenvalue weighted by atomic mass is 9.87. The van der Waals surface area contributed by atoms with Crippen molar-refractivity contribution in [1.29, 1.82) is 0 Å². The van der Waals surface area contributed by atoms with Crippen molar-refractivity contribution < 1.29 is 19.0 Å². The minimum Gasteiger partial charge on any atom is -0.491 e. The van der Waals surface area contributed by atoms with Crippen molar-refractivity contribution in [2.45, 2.75) is 44.6 Å². The van der Waals surface area contributed by atoms with E-state index in [-0.39, 0.29) is 24.9 Å². The number of rotatable bonds is 7. The number of carbonyl (C=O) groups is 1. The first-order chi connectivity index (χ1) is 10.6. The topological polar surface area (TPSA) is 58.6 Å². The molecule has 2 rings (SSSR count). The van der Waals surface area contributed by atoms with Crippen molar-refractivity contribution >= 4 is 5.91 Å². The Morgan fingerprint density at radius 3 is 2.64 bits per heavy atom. The standard InChI is InChI=1S/C17H24FNO3/c18-14-6-8-16(9-7-14)22-12-15(20)11-19-17(21)10-13-4-2-1-3-5-13/h6-9,13,15,20H,1-5,10-12H2,(H,19,21). The summed E-state index contributed by atoms with van der Waals surface area (Å²) in [6, 6.07) is 5.61. The molecule has 1 aromatic rings. The molecule has 1 aliphatic rings. The Labute approximate surface area is 130 Å². The molecule has 122 valence electrons. The lowest BCUT2D eigenvalue weighted by Crippen LogP contribution is -2.36. The van der Waals surface area contributed by atoms with Gasteiger partial charge in [-0.15, -0.1) is 0 Å². The summed E-state index contributed by atoms with van der Waals surface area (Å²) in [7, 11) is 0. The molecule has 22 heavy (non-hydrogen) atoms. The fraction of sp³-hybridized carbons (Fsp3) is 0.588. The van der Waals surface area contributed by atoms with Crippen LogP contribution in [0.25, 0.3) is 0 Å². The Balaban J connectivity index is 1.61. The average molecular weight is 309 g/mol. The van der Waals surface area contributed by atoms with E-state index in [1.54, 1.807) is 0 Å². The van der Waals surface area contributed by atoms with E-state index in [4.69, 9.17) is 4.74 Å². The van der Waals surface area contributed by atoms with Crippen molar-refractivity contribution in [2.75, 3.05) is 13.2 Å². The molecule has 1 saturated carbocycles. The van der Waals surface area contributed by atoms with E-state index < -0.39 is 6.10 Å². The minimum atomic E-state index is -0.777. The SMILES string of the molecule is O=C(CC1CCCCC1)NCC(O)COc1ccc(F)cc1. The zero-order chi connectivity index (χ0) is 15.8. The Hall–Kier alpha value is -1.62. The van der Waals surface area contributed by atoms with Crippen LogP contribution in [0.1, 0.15) is 38.5 Å². The van der Waals surface area contributed by atoms with Crippen LogP contribution in [0.2, 0.25) is 0 Å². The molecule has 2 N–H and O–H groups in total. The molecule has 0 bridgehead atoms. The molecule has 0 heterocycles. The summed E-state index contributed by atoms with van der Waals surface area (Å²) in [5, 5.41) is 12.6. The van der Waals surface area contributed by atoms with Crippen LogP contribution < -0.4 is 10.1 Å². The molecule has 0 saturated heterocycles. The van der Waals surface area contributed by atoms with Crippen molar-refractivity contribution in [3.05, 3.63) is 30.1 Å². The quantitative estimate of drug-likeness (QED) is 0.814. The largest absolute Gasteiger partial charge is 0.491 e. The van der Waals surface area contributed by atoms with Crippen LogP contribution in [0.4, 0.5) is 4.39 Å². The predicted octanol–water partition coefficient (Wildman–Crippen LogP) is 2.65. The van der Waals surface area contributed by atoms with Gasteiger partial charge < -0.3 is 15.2 Å². The maximum absolute atomic E-state index is 12.7. The van der Waals surface area contributed by atoms with Crippen LogP contribution in [-0.2, 0) is 4.79 Å². The van der Waals surface area contributed by atoms with Gasteiger partial charge >= 0.3 is 0 Å². The fourth-order valence-electron chi connectivity index (χ4n) is 2.74. The number of hydrogen-bond acceptors (Lipinski definition) is 3. The van der Waals surface area contributed by atoms with Crippen molar-refractivity contribution in [3.8, 4) is 5.75 Å². The summed E-state index contributed by atoms with van der Waals surface area (Å²) in [6.07, 6.45) is 5.73. The average Bonchev–Trinajstić information content (AvgIpc) is 2.53. The lowest BCUT2D eigenvalue weighted by Gasteiger charge is -2.21. The number of amides is 1. The molecular weight excluding hydrogens is 285 g/mol. The monoisotopic (exact) mass is 309 g/mol. The van der Waals surface area contributed by atoms with E-state index in [9.17, 15) is 14.3 Å². The van der Waals surface area contributed by atoms with Crippen LogP contribution in [0, 0.1) is 11.7 Å². The highest BCUT2D eigenvalue weighted by molar-refractivity contribution is 5.76. The van der Waals surface area contributed by atoms with Crippen molar-refractivity contribution in [2.24, 2.45) is 5.92 Å². The molecule has 1 aromatic carbocycles. The van der Waals surface area contributed by atoms with Gasteiger partial charge in [0.25, 0.3) is 0 Å². The van der Waals surface area contributed by atoms with Crippen LogP contribution in [0.5, 0.6) is 5.75 Å². The van der Waals surface area contributed by atoms with Crippen molar-refractivity contribution in [1.82, 2.24) is 5.32 Å². The van der Waals surface area contributed by atoms with Gasteiger partial charge in [0.2, 0.25) is 5.91 Å². The van der Waals surface area contributed by atoms with Gasteiger partial charge in [-0.2, -0.15) is 0 Å². The number of aliphatic hydroxyl groups is 1. The zero-order valence-corrected chi connectivity index (χ0v) is 12.8. The third-order valence-corrected chi connectivity index (χ3v) is 3.99. The number of hydrogen-bond donors (Lipinski definition) is 2. The molecule has 1 amide bonds. The Morgan fingerprint density at radius 2 is 1.95 bits per heavy atom. The molecule has 0 radical (unpaired) electrons. The number of carbonyl (C=O) groups excluding carboxylic acids is 1. The maximum Gasteiger partial charge on any atom is 0.220 e. The molecule has 1 aliphatic carbocycles. The van der Waals surface area contributed by atoms with Gasteiger partial charge in [0.05, 0.1) is 0 Å². The highest BCUT2D eigenvalue weighted by atomic mass is 19.1. The summed E-state index contributed by atoms with van der Waals surface area (Å²) in [5.74, 6) is 0.644. The molecule has 4 nitrogen and oxygen atoms in total. The molecule has 0 spiro atoms. The van der Waals surface area contributed by atoms with Crippen LogP contribution in [0.15, 0.2) is 24.3 Å². The van der Waals surface area contributed by atoms with Crippen LogP contribution >= 0.6 is 0 Å². The summed E-state index contributed by atoms with van der Waals surface area (Å²) >= 11 is 0. The second-order valence-electron chi connectivity index (χ2n) is 5.93. The van der Waals surface area contributed by atoms with E-state index >= 15 is 0 Å². The second-order valence-corrected chi connectivity index (χ2v) is 5.93. The van der Waals surface area contributed by atoms with Gasteiger partial charge in [0.15, 0.2) is 0 Å².